The number of hydrogen-bond acceptors (Lipinski definition) is 3. The molecule has 0 saturated heterocycles. The molecule has 0 aliphatic heterocycles. The van der Waals surface area contributed by atoms with Crippen LogP contribution in [0.5, 0.6) is 0 Å². The van der Waals surface area contributed by atoms with E-state index < -0.39 is 0 Å². The van der Waals surface area contributed by atoms with Crippen LogP contribution in [-0.2, 0) is 6.42 Å². The molecule has 1 amide bonds. The molecule has 1 rings (SSSR count). The molecule has 2 N–H and O–H groups in total. The Labute approximate surface area is 171 Å². The summed E-state index contributed by atoms with van der Waals surface area (Å²) in [5.74, 6) is 1.51. The molecule has 0 aromatic heterocycles. The average Bonchev–Trinajstić information content (AvgIpc) is 2.68. The quantitative estimate of drug-likeness (QED) is 0.477. The molecular formula is C22H39N5O. The van der Waals surface area contributed by atoms with Crippen LogP contribution in [0.4, 0.5) is 0 Å². The molecule has 6 nitrogen and oxygen atoms in total. The maximum absolute atomic E-state index is 12.1. The van der Waals surface area contributed by atoms with E-state index in [0.29, 0.717) is 12.0 Å². The number of likely N-dealkylation sites (N-methyl/N-ethyl adjacent to an activating group) is 1. The summed E-state index contributed by atoms with van der Waals surface area (Å²) in [6, 6.07) is 8.30. The minimum absolute atomic E-state index is 0.0309. The van der Waals surface area contributed by atoms with Crippen LogP contribution in [0.15, 0.2) is 29.3 Å². The lowest BCUT2D eigenvalue weighted by Gasteiger charge is -2.32. The van der Waals surface area contributed by atoms with Gasteiger partial charge in [-0.1, -0.05) is 38.8 Å². The van der Waals surface area contributed by atoms with Crippen molar-refractivity contribution in [3.8, 4) is 0 Å². The largest absolute Gasteiger partial charge is 0.356 e. The average molecular weight is 390 g/mol. The fraction of sp³-hybridized carbons (Fsp3) is 0.636. The number of benzene rings is 1. The number of carbonyl (C=O) groups is 1. The van der Waals surface area contributed by atoms with Gasteiger partial charge < -0.3 is 20.4 Å². The molecule has 0 spiro atoms. The third-order valence-electron chi connectivity index (χ3n) is 5.24. The van der Waals surface area contributed by atoms with Crippen molar-refractivity contribution in [2.75, 3.05) is 48.3 Å². The van der Waals surface area contributed by atoms with E-state index in [-0.39, 0.29) is 5.91 Å². The molecular weight excluding hydrogens is 350 g/mol. The second-order valence-corrected chi connectivity index (χ2v) is 7.64. The summed E-state index contributed by atoms with van der Waals surface area (Å²) in [5, 5.41) is 6.85. The molecule has 0 aliphatic rings. The van der Waals surface area contributed by atoms with Gasteiger partial charge in [0.1, 0.15) is 0 Å². The summed E-state index contributed by atoms with van der Waals surface area (Å²) < 4.78 is 0. The fourth-order valence-electron chi connectivity index (χ4n) is 3.47. The Bertz CT molecular complexity index is 623. The number of nitrogens with one attached hydrogen (secondary N) is 2. The van der Waals surface area contributed by atoms with E-state index in [1.807, 2.05) is 18.2 Å². The third-order valence-corrected chi connectivity index (χ3v) is 5.24. The van der Waals surface area contributed by atoms with Crippen LogP contribution in [0.25, 0.3) is 0 Å². The van der Waals surface area contributed by atoms with Gasteiger partial charge in [-0.25, -0.2) is 0 Å². The van der Waals surface area contributed by atoms with Gasteiger partial charge in [0.25, 0.3) is 5.91 Å². The topological polar surface area (TPSA) is 60.0 Å². The van der Waals surface area contributed by atoms with E-state index >= 15 is 0 Å². The first-order chi connectivity index (χ1) is 13.3. The van der Waals surface area contributed by atoms with Crippen LogP contribution in [0.3, 0.4) is 0 Å². The molecule has 1 aromatic carbocycles. The highest BCUT2D eigenvalue weighted by Gasteiger charge is 2.20. The van der Waals surface area contributed by atoms with Crippen molar-refractivity contribution < 1.29 is 4.79 Å². The number of amides is 1. The minimum atomic E-state index is 0.0309. The van der Waals surface area contributed by atoms with Gasteiger partial charge in [0.15, 0.2) is 5.96 Å². The van der Waals surface area contributed by atoms with Gasteiger partial charge in [-0.05, 0) is 44.1 Å². The van der Waals surface area contributed by atoms with Gasteiger partial charge in [0.2, 0.25) is 0 Å². The molecule has 6 heteroatoms. The van der Waals surface area contributed by atoms with Gasteiger partial charge in [-0.2, -0.15) is 0 Å². The van der Waals surface area contributed by atoms with Crippen LogP contribution < -0.4 is 10.6 Å². The second-order valence-electron chi connectivity index (χ2n) is 7.64. The Morgan fingerprint density at radius 3 is 2.32 bits per heavy atom. The first-order valence-electron chi connectivity index (χ1n) is 10.2. The molecule has 0 fully saturated rings. The molecule has 0 heterocycles. The van der Waals surface area contributed by atoms with Gasteiger partial charge in [-0.3, -0.25) is 9.79 Å². The lowest BCUT2D eigenvalue weighted by Crippen LogP contribution is -2.48. The molecule has 1 aromatic rings. The zero-order valence-corrected chi connectivity index (χ0v) is 18.7. The highest BCUT2D eigenvalue weighted by molar-refractivity contribution is 5.94. The highest BCUT2D eigenvalue weighted by atomic mass is 16.2. The number of rotatable bonds is 10. The Balaban J connectivity index is 2.57. The van der Waals surface area contributed by atoms with Crippen molar-refractivity contribution in [1.29, 1.82) is 0 Å². The number of aliphatic imine (C=N–C) groups is 1. The van der Waals surface area contributed by atoms with E-state index in [1.54, 1.807) is 26.0 Å². The van der Waals surface area contributed by atoms with Gasteiger partial charge >= 0.3 is 0 Å². The fourth-order valence-corrected chi connectivity index (χ4v) is 3.47. The Kier molecular flexibility index (Phi) is 10.6. The van der Waals surface area contributed by atoms with Crippen molar-refractivity contribution in [2.45, 2.75) is 39.2 Å². The summed E-state index contributed by atoms with van der Waals surface area (Å²) in [5.41, 5.74) is 1.86. The normalized spacial score (nSPS) is 13.0. The van der Waals surface area contributed by atoms with E-state index in [1.165, 1.54) is 12.8 Å². The number of guanidine groups is 1. The van der Waals surface area contributed by atoms with Gasteiger partial charge in [-0.15, -0.1) is 0 Å². The van der Waals surface area contributed by atoms with Crippen molar-refractivity contribution in [1.82, 2.24) is 20.4 Å². The molecule has 0 saturated carbocycles. The predicted molar refractivity (Wildman–Crippen MR) is 119 cm³/mol. The summed E-state index contributed by atoms with van der Waals surface area (Å²) in [6.45, 7) is 6.14. The van der Waals surface area contributed by atoms with Crippen molar-refractivity contribution in [3.05, 3.63) is 35.4 Å². The lowest BCUT2D eigenvalue weighted by molar-refractivity contribution is 0.0827. The Hall–Kier alpha value is -2.08. The van der Waals surface area contributed by atoms with E-state index in [4.69, 9.17) is 0 Å². The molecule has 0 radical (unpaired) electrons. The molecule has 158 valence electrons. The first kappa shape index (κ1) is 24.0. The number of hydrogen-bond donors (Lipinski definition) is 2. The predicted octanol–water partition coefficient (Wildman–Crippen LogP) is 2.46. The van der Waals surface area contributed by atoms with Gasteiger partial charge in [0, 0.05) is 45.8 Å². The van der Waals surface area contributed by atoms with E-state index in [0.717, 1.165) is 36.6 Å². The Morgan fingerprint density at radius 2 is 1.79 bits per heavy atom. The molecule has 28 heavy (non-hydrogen) atoms. The molecule has 0 bridgehead atoms. The Morgan fingerprint density at radius 1 is 1.11 bits per heavy atom. The molecule has 1 atom stereocenters. The van der Waals surface area contributed by atoms with Crippen LogP contribution >= 0.6 is 0 Å². The smallest absolute Gasteiger partial charge is 0.253 e. The van der Waals surface area contributed by atoms with Crippen molar-refractivity contribution in [3.63, 3.8) is 0 Å². The third kappa shape index (κ3) is 7.50. The first-order valence-corrected chi connectivity index (χ1v) is 10.2. The summed E-state index contributed by atoms with van der Waals surface area (Å²) >= 11 is 0. The molecule has 0 aliphatic carbocycles. The standard InChI is InChI=1S/C22H39N5O/c1-8-18(9-2)20(26(4)5)16-25-22(23-3)24-14-13-17-11-10-12-19(15-17)21(28)27(6)7/h10-12,15,18,20H,8-9,13-14,16H2,1-7H3,(H2,23,24,25). The summed E-state index contributed by atoms with van der Waals surface area (Å²) in [6.07, 6.45) is 3.18. The monoisotopic (exact) mass is 389 g/mol. The maximum atomic E-state index is 12.1. The van der Waals surface area contributed by atoms with Crippen LogP contribution in [0, 0.1) is 5.92 Å². The maximum Gasteiger partial charge on any atom is 0.253 e. The zero-order valence-electron chi connectivity index (χ0n) is 18.7. The van der Waals surface area contributed by atoms with Gasteiger partial charge in [0.05, 0.1) is 0 Å². The number of carbonyl (C=O) groups excluding carboxylic acids is 1. The zero-order chi connectivity index (χ0) is 21.1. The van der Waals surface area contributed by atoms with Crippen LogP contribution in [0.2, 0.25) is 0 Å². The van der Waals surface area contributed by atoms with E-state index in [9.17, 15) is 4.79 Å². The highest BCUT2D eigenvalue weighted by Crippen LogP contribution is 2.16. The number of nitrogens with zero attached hydrogens (tertiary/aromatic N) is 3. The second kappa shape index (κ2) is 12.4. The van der Waals surface area contributed by atoms with Crippen molar-refractivity contribution >= 4 is 11.9 Å². The summed E-state index contributed by atoms with van der Waals surface area (Å²) in [4.78, 5) is 20.4. The SMILES string of the molecule is CCC(CC)C(CNC(=NC)NCCc1cccc(C(=O)N(C)C)c1)N(C)C. The van der Waals surface area contributed by atoms with Crippen molar-refractivity contribution in [2.24, 2.45) is 10.9 Å². The van der Waals surface area contributed by atoms with Crippen LogP contribution in [-0.4, -0.2) is 76.0 Å². The summed E-state index contributed by atoms with van der Waals surface area (Å²) in [7, 11) is 9.63. The minimum Gasteiger partial charge on any atom is -0.356 e. The molecule has 1 unspecified atom stereocenters. The lowest BCUT2D eigenvalue weighted by atomic mass is 9.93. The van der Waals surface area contributed by atoms with E-state index in [2.05, 4.69) is 54.5 Å². The van der Waals surface area contributed by atoms with Crippen LogP contribution in [0.1, 0.15) is 42.6 Å².